The lowest BCUT2D eigenvalue weighted by atomic mass is 9.70. The highest BCUT2D eigenvalue weighted by Gasteiger charge is 2.65. The number of anilines is 1. The molecular weight excluding hydrogens is 338 g/mol. The summed E-state index contributed by atoms with van der Waals surface area (Å²) in [7, 11) is -4.08. The zero-order chi connectivity index (χ0) is 18.5. The van der Waals surface area contributed by atoms with E-state index < -0.39 is 21.3 Å². The summed E-state index contributed by atoms with van der Waals surface area (Å²) < 4.78 is 31.0. The highest BCUT2D eigenvalue weighted by atomic mass is 32.2. The lowest BCUT2D eigenvalue weighted by molar-refractivity contribution is -0.128. The molecule has 3 aliphatic carbocycles. The molecule has 0 saturated heterocycles. The van der Waals surface area contributed by atoms with Crippen molar-refractivity contribution in [2.24, 2.45) is 16.7 Å². The molecule has 1 aromatic rings. The molecule has 2 fully saturated rings. The molecule has 0 radical (unpaired) electrons. The molecule has 0 spiro atoms. The molecule has 25 heavy (non-hydrogen) atoms. The van der Waals surface area contributed by atoms with Gasteiger partial charge in [0.05, 0.1) is 11.2 Å². The van der Waals surface area contributed by atoms with Crippen LogP contribution in [0.25, 0.3) is 0 Å². The molecular formula is C19H27NO4S. The van der Waals surface area contributed by atoms with Crippen molar-refractivity contribution in [3.8, 4) is 0 Å². The van der Waals surface area contributed by atoms with Gasteiger partial charge in [-0.15, -0.1) is 0 Å². The first-order chi connectivity index (χ1) is 11.6. The normalized spacial score (nSPS) is 29.2. The van der Waals surface area contributed by atoms with Crippen LogP contribution >= 0.6 is 0 Å². The molecule has 3 aliphatic rings. The average molecular weight is 365 g/mol. The molecule has 5 nitrogen and oxygen atoms in total. The SMILES string of the molecule is CC1(C)C2CCC1(CS(=O)(=O)O)C(=O)C2.Nc1ccc2c(c1)CCC2. The van der Waals surface area contributed by atoms with E-state index in [9.17, 15) is 13.2 Å². The lowest BCUT2D eigenvalue weighted by Gasteiger charge is -2.35. The number of ketones is 1. The van der Waals surface area contributed by atoms with Crippen LogP contribution in [0.3, 0.4) is 0 Å². The van der Waals surface area contributed by atoms with Crippen LogP contribution in [0.2, 0.25) is 0 Å². The van der Waals surface area contributed by atoms with Gasteiger partial charge in [-0.3, -0.25) is 9.35 Å². The first-order valence-electron chi connectivity index (χ1n) is 8.91. The second-order valence-corrected chi connectivity index (χ2v) is 9.73. The minimum absolute atomic E-state index is 0.0152. The van der Waals surface area contributed by atoms with Gasteiger partial charge in [0.1, 0.15) is 5.78 Å². The maximum absolute atomic E-state index is 11.9. The minimum Gasteiger partial charge on any atom is -0.399 e. The molecule has 138 valence electrons. The number of nitrogens with two attached hydrogens (primary N) is 1. The molecule has 0 aromatic heterocycles. The van der Waals surface area contributed by atoms with E-state index in [4.69, 9.17) is 10.3 Å². The van der Waals surface area contributed by atoms with Gasteiger partial charge in [-0.25, -0.2) is 0 Å². The van der Waals surface area contributed by atoms with E-state index in [1.54, 1.807) is 0 Å². The van der Waals surface area contributed by atoms with Crippen molar-refractivity contribution < 1.29 is 17.8 Å². The van der Waals surface area contributed by atoms with E-state index in [0.29, 0.717) is 12.8 Å². The van der Waals surface area contributed by atoms with Gasteiger partial charge in [-0.1, -0.05) is 19.9 Å². The number of fused-ring (bicyclic) bond motifs is 3. The molecule has 1 aromatic carbocycles. The molecule has 0 heterocycles. The van der Waals surface area contributed by atoms with Crippen molar-refractivity contribution in [1.82, 2.24) is 0 Å². The van der Waals surface area contributed by atoms with Crippen molar-refractivity contribution in [3.05, 3.63) is 29.3 Å². The molecule has 2 bridgehead atoms. The fourth-order valence-electron chi connectivity index (χ4n) is 5.01. The number of nitrogen functional groups attached to an aromatic ring is 1. The lowest BCUT2D eigenvalue weighted by Crippen LogP contribution is -2.42. The number of hydrogen-bond acceptors (Lipinski definition) is 4. The minimum atomic E-state index is -4.08. The summed E-state index contributed by atoms with van der Waals surface area (Å²) in [5.74, 6) is -0.101. The van der Waals surface area contributed by atoms with Crippen LogP contribution in [0.4, 0.5) is 5.69 Å². The van der Waals surface area contributed by atoms with E-state index in [1.165, 1.54) is 30.4 Å². The van der Waals surface area contributed by atoms with E-state index >= 15 is 0 Å². The van der Waals surface area contributed by atoms with Gasteiger partial charge < -0.3 is 5.73 Å². The topological polar surface area (TPSA) is 97.5 Å². The molecule has 2 saturated carbocycles. The van der Waals surface area contributed by atoms with Gasteiger partial charge in [-0.2, -0.15) is 8.42 Å². The van der Waals surface area contributed by atoms with Crippen molar-refractivity contribution in [1.29, 1.82) is 0 Å². The molecule has 0 aliphatic heterocycles. The first kappa shape index (κ1) is 18.4. The monoisotopic (exact) mass is 365 g/mol. The fourth-order valence-corrected chi connectivity index (χ4v) is 6.31. The number of Topliss-reactive ketones (excluding diaryl/α,β-unsaturated/α-hetero) is 1. The Labute approximate surface area is 149 Å². The predicted molar refractivity (Wildman–Crippen MR) is 97.9 cm³/mol. The molecule has 6 heteroatoms. The Morgan fingerprint density at radius 3 is 2.48 bits per heavy atom. The van der Waals surface area contributed by atoms with Crippen LogP contribution in [-0.2, 0) is 27.8 Å². The third-order valence-corrected chi connectivity index (χ3v) is 7.55. The van der Waals surface area contributed by atoms with Crippen LogP contribution in [0, 0.1) is 16.7 Å². The Morgan fingerprint density at radius 1 is 1.24 bits per heavy atom. The summed E-state index contributed by atoms with van der Waals surface area (Å²) in [6.45, 7) is 3.89. The molecule has 2 unspecified atom stereocenters. The number of benzene rings is 1. The summed E-state index contributed by atoms with van der Waals surface area (Å²) >= 11 is 0. The van der Waals surface area contributed by atoms with E-state index in [1.807, 2.05) is 19.9 Å². The number of rotatable bonds is 2. The van der Waals surface area contributed by atoms with E-state index in [2.05, 4.69) is 12.1 Å². The highest BCUT2D eigenvalue weighted by Crippen LogP contribution is 2.64. The van der Waals surface area contributed by atoms with Crippen LogP contribution in [0.5, 0.6) is 0 Å². The quantitative estimate of drug-likeness (QED) is 0.620. The van der Waals surface area contributed by atoms with Crippen molar-refractivity contribution in [2.75, 3.05) is 11.5 Å². The van der Waals surface area contributed by atoms with Crippen molar-refractivity contribution >= 4 is 21.6 Å². The molecule has 2 atom stereocenters. The van der Waals surface area contributed by atoms with Gasteiger partial charge in [-0.05, 0) is 66.7 Å². The van der Waals surface area contributed by atoms with E-state index in [0.717, 1.165) is 12.1 Å². The Balaban J connectivity index is 0.000000157. The van der Waals surface area contributed by atoms with Gasteiger partial charge in [0.2, 0.25) is 0 Å². The summed E-state index contributed by atoms with van der Waals surface area (Å²) in [6, 6.07) is 6.24. The number of aryl methyl sites for hydroxylation is 2. The Morgan fingerprint density at radius 2 is 1.92 bits per heavy atom. The zero-order valence-corrected chi connectivity index (χ0v) is 15.7. The maximum atomic E-state index is 11.9. The smallest absolute Gasteiger partial charge is 0.265 e. The molecule has 4 rings (SSSR count). The zero-order valence-electron chi connectivity index (χ0n) is 14.9. The second kappa shape index (κ2) is 6.09. The maximum Gasteiger partial charge on any atom is 0.265 e. The molecule has 3 N–H and O–H groups in total. The fraction of sp³-hybridized carbons (Fsp3) is 0.632. The van der Waals surface area contributed by atoms with Gasteiger partial charge in [0.15, 0.2) is 0 Å². The standard InChI is InChI=1S/C10H16O4S.C9H11N/c1-9(2)7-3-4-10(9,8(11)5-7)6-15(12,13)14;10-9-5-4-7-2-1-3-8(7)6-9/h7H,3-6H2,1-2H3,(H,12,13,14);4-6H,1-3,10H2. The Hall–Kier alpha value is -1.40. The van der Waals surface area contributed by atoms with Crippen LogP contribution in [-0.4, -0.2) is 24.5 Å². The highest BCUT2D eigenvalue weighted by molar-refractivity contribution is 7.85. The summed E-state index contributed by atoms with van der Waals surface area (Å²) in [4.78, 5) is 11.9. The van der Waals surface area contributed by atoms with Gasteiger partial charge in [0, 0.05) is 12.1 Å². The number of carbonyl (C=O) groups excluding carboxylic acids is 1. The molecule has 0 amide bonds. The summed E-state index contributed by atoms with van der Waals surface area (Å²) in [5, 5.41) is 0. The average Bonchev–Trinajstić information content (AvgIpc) is 3.08. The summed E-state index contributed by atoms with van der Waals surface area (Å²) in [6.07, 6.45) is 5.74. The van der Waals surface area contributed by atoms with Gasteiger partial charge >= 0.3 is 0 Å². The second-order valence-electron chi connectivity index (χ2n) is 8.27. The van der Waals surface area contributed by atoms with Crippen molar-refractivity contribution in [2.45, 2.75) is 52.4 Å². The first-order valence-corrected chi connectivity index (χ1v) is 10.5. The van der Waals surface area contributed by atoms with E-state index in [-0.39, 0.29) is 17.1 Å². The van der Waals surface area contributed by atoms with Crippen LogP contribution in [0.15, 0.2) is 18.2 Å². The Kier molecular flexibility index (Phi) is 4.48. The Bertz CT molecular complexity index is 800. The predicted octanol–water partition coefficient (Wildman–Crippen LogP) is 3.03. The van der Waals surface area contributed by atoms with Crippen molar-refractivity contribution in [3.63, 3.8) is 0 Å². The van der Waals surface area contributed by atoms with Crippen LogP contribution < -0.4 is 5.73 Å². The summed E-state index contributed by atoms with van der Waals surface area (Å²) in [5.41, 5.74) is 8.37. The number of carbonyl (C=O) groups is 1. The third-order valence-electron chi connectivity index (χ3n) is 6.69. The number of hydrogen-bond donors (Lipinski definition) is 2. The largest absolute Gasteiger partial charge is 0.399 e. The van der Waals surface area contributed by atoms with Gasteiger partial charge in [0.25, 0.3) is 10.1 Å². The van der Waals surface area contributed by atoms with Crippen LogP contribution in [0.1, 0.15) is 50.7 Å². The third kappa shape index (κ3) is 3.22.